The number of aryl methyl sites for hydroxylation is 1. The molecule has 2 N–H and O–H groups in total. The van der Waals surface area contributed by atoms with Crippen LogP contribution >= 0.6 is 11.3 Å². The van der Waals surface area contributed by atoms with Gasteiger partial charge in [-0.1, -0.05) is 11.3 Å². The Balaban J connectivity index is 1.49. The van der Waals surface area contributed by atoms with Crippen molar-refractivity contribution in [3.63, 3.8) is 0 Å². The zero-order valence-electron chi connectivity index (χ0n) is 14.9. The summed E-state index contributed by atoms with van der Waals surface area (Å²) in [6, 6.07) is 7.16. The van der Waals surface area contributed by atoms with Gasteiger partial charge in [-0.3, -0.25) is 14.5 Å². The minimum absolute atomic E-state index is 0.0362. The molecule has 0 spiro atoms. The lowest BCUT2D eigenvalue weighted by atomic mass is 10.2. The fraction of sp³-hybridized carbons (Fsp3) is 0.389. The summed E-state index contributed by atoms with van der Waals surface area (Å²) in [5, 5.41) is 12.6. The van der Waals surface area contributed by atoms with Crippen LogP contribution in [0, 0.1) is 6.92 Å². The number of ketones is 1. The van der Waals surface area contributed by atoms with E-state index in [-0.39, 0.29) is 17.4 Å². The molecule has 1 amide bonds. The Hall–Kier alpha value is -2.45. The van der Waals surface area contributed by atoms with Crippen LogP contribution in [0.5, 0.6) is 5.75 Å². The van der Waals surface area contributed by atoms with Gasteiger partial charge in [-0.25, -0.2) is 4.98 Å². The molecule has 26 heavy (non-hydrogen) atoms. The first kappa shape index (κ1) is 18.3. The van der Waals surface area contributed by atoms with Crippen LogP contribution in [0.2, 0.25) is 0 Å². The Morgan fingerprint density at radius 1 is 1.19 bits per heavy atom. The summed E-state index contributed by atoms with van der Waals surface area (Å²) in [6.45, 7) is 6.78. The zero-order valence-corrected chi connectivity index (χ0v) is 15.7. The fourth-order valence-electron chi connectivity index (χ4n) is 2.97. The average Bonchev–Trinajstić information content (AvgIpc) is 2.97. The van der Waals surface area contributed by atoms with Gasteiger partial charge in [0, 0.05) is 38.8 Å². The van der Waals surface area contributed by atoms with Crippen LogP contribution in [0.25, 0.3) is 0 Å². The topological polar surface area (TPSA) is 85.8 Å². The van der Waals surface area contributed by atoms with E-state index in [1.54, 1.807) is 19.1 Å². The van der Waals surface area contributed by atoms with Crippen molar-refractivity contribution in [3.05, 3.63) is 34.8 Å². The number of aromatic hydroxyl groups is 1. The van der Waals surface area contributed by atoms with Crippen molar-refractivity contribution in [1.82, 2.24) is 9.88 Å². The lowest BCUT2D eigenvalue weighted by Crippen LogP contribution is -2.48. The van der Waals surface area contributed by atoms with Gasteiger partial charge in [0.05, 0.1) is 17.1 Å². The van der Waals surface area contributed by atoms with Crippen molar-refractivity contribution in [2.45, 2.75) is 13.8 Å². The maximum absolute atomic E-state index is 12.2. The first-order chi connectivity index (χ1) is 12.4. The normalized spacial score (nSPS) is 15.1. The smallest absolute Gasteiger partial charge is 0.240 e. The molecule has 8 heteroatoms. The molecule has 3 rings (SSSR count). The first-order valence-electron chi connectivity index (χ1n) is 8.47. The molecule has 2 heterocycles. The Morgan fingerprint density at radius 3 is 2.42 bits per heavy atom. The molecule has 1 aliphatic rings. The molecule has 0 atom stereocenters. The van der Waals surface area contributed by atoms with E-state index >= 15 is 0 Å². The standard InChI is InChI=1S/C18H22N4O3S/c1-12-17(13(2)23)26-18(19-12)20-16(25)11-21-7-9-22(10-8-21)14-3-5-15(24)6-4-14/h3-6,24H,7-11H2,1-2H3,(H,19,20,25). The van der Waals surface area contributed by atoms with Gasteiger partial charge in [0.15, 0.2) is 10.9 Å². The maximum atomic E-state index is 12.2. The van der Waals surface area contributed by atoms with Crippen LogP contribution in [-0.2, 0) is 4.79 Å². The number of hydrogen-bond acceptors (Lipinski definition) is 7. The van der Waals surface area contributed by atoms with E-state index in [0.29, 0.717) is 22.2 Å². The molecule has 7 nitrogen and oxygen atoms in total. The monoisotopic (exact) mass is 374 g/mol. The van der Waals surface area contributed by atoms with E-state index in [4.69, 9.17) is 0 Å². The minimum Gasteiger partial charge on any atom is -0.508 e. The highest BCUT2D eigenvalue weighted by molar-refractivity contribution is 7.17. The van der Waals surface area contributed by atoms with E-state index in [1.807, 2.05) is 12.1 Å². The summed E-state index contributed by atoms with van der Waals surface area (Å²) in [5.41, 5.74) is 1.72. The van der Waals surface area contributed by atoms with Crippen molar-refractivity contribution >= 4 is 33.8 Å². The van der Waals surface area contributed by atoms with Crippen molar-refractivity contribution in [2.75, 3.05) is 42.9 Å². The Labute approximate surface area is 156 Å². The van der Waals surface area contributed by atoms with E-state index in [2.05, 4.69) is 20.1 Å². The molecule has 1 aliphatic heterocycles. The van der Waals surface area contributed by atoms with Crippen LogP contribution in [-0.4, -0.2) is 59.4 Å². The number of benzene rings is 1. The second kappa shape index (κ2) is 7.84. The molecule has 0 radical (unpaired) electrons. The molecule has 1 aromatic heterocycles. The zero-order chi connectivity index (χ0) is 18.7. The lowest BCUT2D eigenvalue weighted by Gasteiger charge is -2.35. The van der Waals surface area contributed by atoms with Crippen molar-refractivity contribution in [1.29, 1.82) is 0 Å². The first-order valence-corrected chi connectivity index (χ1v) is 9.28. The summed E-state index contributed by atoms with van der Waals surface area (Å²) in [5.74, 6) is 0.104. The second-order valence-corrected chi connectivity index (χ2v) is 7.32. The number of carbonyl (C=O) groups excluding carboxylic acids is 2. The Kier molecular flexibility index (Phi) is 5.53. The third-order valence-corrected chi connectivity index (χ3v) is 5.49. The van der Waals surface area contributed by atoms with Gasteiger partial charge in [-0.2, -0.15) is 0 Å². The SMILES string of the molecule is CC(=O)c1sc(NC(=O)CN2CCN(c3ccc(O)cc3)CC2)nc1C. The number of anilines is 2. The van der Waals surface area contributed by atoms with E-state index in [0.717, 1.165) is 31.9 Å². The number of nitrogens with one attached hydrogen (secondary N) is 1. The number of rotatable bonds is 5. The van der Waals surface area contributed by atoms with Gasteiger partial charge < -0.3 is 15.3 Å². The van der Waals surface area contributed by atoms with E-state index < -0.39 is 0 Å². The number of phenols is 1. The van der Waals surface area contributed by atoms with Crippen LogP contribution in [0.1, 0.15) is 22.3 Å². The molecule has 1 fully saturated rings. The van der Waals surface area contributed by atoms with Crippen LogP contribution < -0.4 is 10.2 Å². The maximum Gasteiger partial charge on any atom is 0.240 e. The minimum atomic E-state index is -0.119. The average molecular weight is 374 g/mol. The van der Waals surface area contributed by atoms with Gasteiger partial charge in [-0.05, 0) is 31.2 Å². The number of Topliss-reactive ketones (excluding diaryl/α,β-unsaturated/α-hetero) is 1. The second-order valence-electron chi connectivity index (χ2n) is 6.32. The van der Waals surface area contributed by atoms with Crippen molar-refractivity contribution in [2.24, 2.45) is 0 Å². The quantitative estimate of drug-likeness (QED) is 0.780. The number of hydrogen-bond donors (Lipinski definition) is 2. The highest BCUT2D eigenvalue weighted by atomic mass is 32.1. The molecule has 0 unspecified atom stereocenters. The number of amides is 1. The highest BCUT2D eigenvalue weighted by Gasteiger charge is 2.20. The van der Waals surface area contributed by atoms with Crippen LogP contribution in [0.15, 0.2) is 24.3 Å². The summed E-state index contributed by atoms with van der Waals surface area (Å²) in [7, 11) is 0. The molecule has 0 aliphatic carbocycles. The van der Waals surface area contributed by atoms with E-state index in [9.17, 15) is 14.7 Å². The molecule has 1 saturated heterocycles. The Bertz CT molecular complexity index is 795. The molecular formula is C18H22N4O3S. The van der Waals surface area contributed by atoms with Gasteiger partial charge in [0.1, 0.15) is 5.75 Å². The number of carbonyl (C=O) groups is 2. The molecular weight excluding hydrogens is 352 g/mol. The predicted molar refractivity (Wildman–Crippen MR) is 102 cm³/mol. The van der Waals surface area contributed by atoms with Crippen molar-refractivity contribution in [3.8, 4) is 5.75 Å². The number of nitrogens with zero attached hydrogens (tertiary/aromatic N) is 3. The predicted octanol–water partition coefficient (Wildman–Crippen LogP) is 2.12. The van der Waals surface area contributed by atoms with Crippen LogP contribution in [0.3, 0.4) is 0 Å². The Morgan fingerprint density at radius 2 is 1.85 bits per heavy atom. The summed E-state index contributed by atoms with van der Waals surface area (Å²) < 4.78 is 0. The number of aromatic nitrogens is 1. The highest BCUT2D eigenvalue weighted by Crippen LogP contribution is 2.23. The number of piperazine rings is 1. The number of phenolic OH excluding ortho intramolecular Hbond substituents is 1. The molecule has 0 saturated carbocycles. The lowest BCUT2D eigenvalue weighted by molar-refractivity contribution is -0.117. The molecule has 0 bridgehead atoms. The largest absolute Gasteiger partial charge is 0.508 e. The summed E-state index contributed by atoms with van der Waals surface area (Å²) >= 11 is 1.22. The summed E-state index contributed by atoms with van der Waals surface area (Å²) in [4.78, 5) is 32.9. The number of thiazole rings is 1. The third-order valence-electron chi connectivity index (χ3n) is 4.32. The van der Waals surface area contributed by atoms with Gasteiger partial charge in [-0.15, -0.1) is 0 Å². The van der Waals surface area contributed by atoms with E-state index in [1.165, 1.54) is 18.3 Å². The van der Waals surface area contributed by atoms with Crippen molar-refractivity contribution < 1.29 is 14.7 Å². The third kappa shape index (κ3) is 4.39. The molecule has 1 aromatic carbocycles. The fourth-order valence-corrected chi connectivity index (χ4v) is 3.84. The molecule has 138 valence electrons. The van der Waals surface area contributed by atoms with Gasteiger partial charge >= 0.3 is 0 Å². The van der Waals surface area contributed by atoms with Gasteiger partial charge in [0.25, 0.3) is 0 Å². The van der Waals surface area contributed by atoms with Crippen LogP contribution in [0.4, 0.5) is 10.8 Å². The molecule has 2 aromatic rings. The van der Waals surface area contributed by atoms with Gasteiger partial charge in [0.2, 0.25) is 5.91 Å². The summed E-state index contributed by atoms with van der Waals surface area (Å²) in [6.07, 6.45) is 0.